The minimum Gasteiger partial charge on any atom is -0.398 e. The number of hydrogen-bond acceptors (Lipinski definition) is 4. The van der Waals surface area contributed by atoms with Gasteiger partial charge in [0.2, 0.25) is 5.91 Å². The Balaban J connectivity index is 1.76. The molecule has 0 radical (unpaired) electrons. The molecular formula is C14H20N2O3. The molecule has 1 aliphatic rings. The highest BCUT2D eigenvalue weighted by molar-refractivity contribution is 5.92. The first kappa shape index (κ1) is 13.8. The van der Waals surface area contributed by atoms with Gasteiger partial charge in [0.1, 0.15) is 0 Å². The van der Waals surface area contributed by atoms with Crippen LogP contribution in [-0.2, 0) is 14.3 Å². The summed E-state index contributed by atoms with van der Waals surface area (Å²) in [6, 6.07) is 5.48. The van der Waals surface area contributed by atoms with Gasteiger partial charge in [0.15, 0.2) is 0 Å². The predicted molar refractivity (Wildman–Crippen MR) is 74.0 cm³/mol. The van der Waals surface area contributed by atoms with Gasteiger partial charge in [-0.25, -0.2) is 0 Å². The summed E-state index contributed by atoms with van der Waals surface area (Å²) in [4.78, 5) is 11.8. The number of hydrogen-bond donors (Lipinski definition) is 2. The summed E-state index contributed by atoms with van der Waals surface area (Å²) in [7, 11) is 0. The molecule has 1 fully saturated rings. The second-order valence-corrected chi connectivity index (χ2v) is 4.67. The van der Waals surface area contributed by atoms with E-state index in [9.17, 15) is 4.79 Å². The van der Waals surface area contributed by atoms with Crippen LogP contribution in [0.3, 0.4) is 0 Å². The number of anilines is 2. The largest absolute Gasteiger partial charge is 0.398 e. The zero-order chi connectivity index (χ0) is 13.7. The van der Waals surface area contributed by atoms with E-state index in [1.54, 1.807) is 0 Å². The Morgan fingerprint density at radius 1 is 1.58 bits per heavy atom. The number of amides is 1. The normalized spacial score (nSPS) is 18.5. The molecule has 1 aromatic carbocycles. The van der Waals surface area contributed by atoms with E-state index in [4.69, 9.17) is 15.2 Å². The van der Waals surface area contributed by atoms with Crippen LogP contribution >= 0.6 is 0 Å². The van der Waals surface area contributed by atoms with E-state index in [-0.39, 0.29) is 12.0 Å². The van der Waals surface area contributed by atoms with Gasteiger partial charge in [-0.3, -0.25) is 4.79 Å². The summed E-state index contributed by atoms with van der Waals surface area (Å²) in [5.74, 6) is -0.0624. The number of ether oxygens (including phenoxy) is 2. The van der Waals surface area contributed by atoms with Gasteiger partial charge in [0.05, 0.1) is 25.7 Å². The van der Waals surface area contributed by atoms with Crippen LogP contribution in [-0.4, -0.2) is 31.8 Å². The maximum absolute atomic E-state index is 11.8. The number of rotatable bonds is 5. The van der Waals surface area contributed by atoms with Crippen LogP contribution < -0.4 is 11.1 Å². The molecule has 1 heterocycles. The molecule has 3 N–H and O–H groups in total. The third-order valence-electron chi connectivity index (χ3n) is 3.22. The van der Waals surface area contributed by atoms with Gasteiger partial charge >= 0.3 is 0 Å². The van der Waals surface area contributed by atoms with Crippen LogP contribution in [0.1, 0.15) is 18.4 Å². The van der Waals surface area contributed by atoms with Gasteiger partial charge in [0, 0.05) is 18.0 Å². The monoisotopic (exact) mass is 264 g/mol. The number of benzene rings is 1. The Kier molecular flexibility index (Phi) is 4.76. The highest BCUT2D eigenvalue weighted by Crippen LogP contribution is 2.20. The van der Waals surface area contributed by atoms with Crippen molar-refractivity contribution in [2.24, 2.45) is 0 Å². The molecule has 1 amide bonds. The molecule has 0 bridgehead atoms. The third kappa shape index (κ3) is 3.94. The Morgan fingerprint density at radius 3 is 3.16 bits per heavy atom. The lowest BCUT2D eigenvalue weighted by Crippen LogP contribution is -2.19. The van der Waals surface area contributed by atoms with Gasteiger partial charge in [-0.15, -0.1) is 0 Å². The standard InChI is InChI=1S/C14H20N2O3/c1-10-12(15)3-2-4-13(10)16-14(17)6-8-19-11-5-7-18-9-11/h2-4,11H,5-9,15H2,1H3,(H,16,17). The molecule has 5 nitrogen and oxygen atoms in total. The van der Waals surface area contributed by atoms with Gasteiger partial charge in [-0.05, 0) is 31.0 Å². The van der Waals surface area contributed by atoms with Crippen molar-refractivity contribution in [2.45, 2.75) is 25.9 Å². The summed E-state index contributed by atoms with van der Waals surface area (Å²) in [5, 5.41) is 2.85. The van der Waals surface area contributed by atoms with Gasteiger partial charge < -0.3 is 20.5 Å². The lowest BCUT2D eigenvalue weighted by atomic mass is 10.1. The summed E-state index contributed by atoms with van der Waals surface area (Å²) < 4.78 is 10.8. The lowest BCUT2D eigenvalue weighted by Gasteiger charge is -2.12. The molecule has 1 aromatic rings. The molecule has 1 aliphatic heterocycles. The fraction of sp³-hybridized carbons (Fsp3) is 0.500. The van der Waals surface area contributed by atoms with Crippen LogP contribution in [0.15, 0.2) is 18.2 Å². The molecule has 1 atom stereocenters. The molecule has 104 valence electrons. The van der Waals surface area contributed by atoms with Crippen LogP contribution in [0.25, 0.3) is 0 Å². The van der Waals surface area contributed by atoms with E-state index < -0.39 is 0 Å². The van der Waals surface area contributed by atoms with Crippen molar-refractivity contribution in [1.82, 2.24) is 0 Å². The second-order valence-electron chi connectivity index (χ2n) is 4.67. The molecule has 0 aliphatic carbocycles. The Bertz CT molecular complexity index is 442. The highest BCUT2D eigenvalue weighted by atomic mass is 16.5. The highest BCUT2D eigenvalue weighted by Gasteiger charge is 2.16. The zero-order valence-electron chi connectivity index (χ0n) is 11.1. The number of nitrogen functional groups attached to an aromatic ring is 1. The van der Waals surface area contributed by atoms with E-state index in [1.807, 2.05) is 25.1 Å². The number of nitrogens with one attached hydrogen (secondary N) is 1. The fourth-order valence-electron chi connectivity index (χ4n) is 1.96. The molecule has 0 saturated carbocycles. The maximum atomic E-state index is 11.8. The molecule has 1 unspecified atom stereocenters. The average Bonchev–Trinajstić information content (AvgIpc) is 2.88. The van der Waals surface area contributed by atoms with Crippen molar-refractivity contribution in [3.63, 3.8) is 0 Å². The van der Waals surface area contributed by atoms with E-state index >= 15 is 0 Å². The van der Waals surface area contributed by atoms with Crippen LogP contribution in [0.4, 0.5) is 11.4 Å². The third-order valence-corrected chi connectivity index (χ3v) is 3.22. The first-order valence-corrected chi connectivity index (χ1v) is 6.51. The Morgan fingerprint density at radius 2 is 2.42 bits per heavy atom. The lowest BCUT2D eigenvalue weighted by molar-refractivity contribution is -0.117. The van der Waals surface area contributed by atoms with Crippen LogP contribution in [0, 0.1) is 6.92 Å². The first-order chi connectivity index (χ1) is 9.16. The smallest absolute Gasteiger partial charge is 0.226 e. The van der Waals surface area contributed by atoms with Crippen molar-refractivity contribution in [3.05, 3.63) is 23.8 Å². The molecular weight excluding hydrogens is 244 g/mol. The topological polar surface area (TPSA) is 73.6 Å². The van der Waals surface area contributed by atoms with Crippen LogP contribution in [0.2, 0.25) is 0 Å². The van der Waals surface area contributed by atoms with Crippen molar-refractivity contribution < 1.29 is 14.3 Å². The zero-order valence-corrected chi connectivity index (χ0v) is 11.1. The van der Waals surface area contributed by atoms with Crippen molar-refractivity contribution in [1.29, 1.82) is 0 Å². The SMILES string of the molecule is Cc1c(N)cccc1NC(=O)CCOC1CCOC1. The fourth-order valence-corrected chi connectivity index (χ4v) is 1.96. The molecule has 19 heavy (non-hydrogen) atoms. The number of nitrogens with two attached hydrogens (primary N) is 1. The number of carbonyl (C=O) groups excluding carboxylic acids is 1. The summed E-state index contributed by atoms with van der Waals surface area (Å²) >= 11 is 0. The minimum absolute atomic E-state index is 0.0624. The average molecular weight is 264 g/mol. The van der Waals surface area contributed by atoms with E-state index in [2.05, 4.69) is 5.32 Å². The van der Waals surface area contributed by atoms with E-state index in [1.165, 1.54) is 0 Å². The molecule has 1 saturated heterocycles. The van der Waals surface area contributed by atoms with Gasteiger partial charge in [-0.1, -0.05) is 6.07 Å². The van der Waals surface area contributed by atoms with Gasteiger partial charge in [0.25, 0.3) is 0 Å². The minimum atomic E-state index is -0.0624. The van der Waals surface area contributed by atoms with Crippen molar-refractivity contribution in [3.8, 4) is 0 Å². The van der Waals surface area contributed by atoms with E-state index in [0.717, 1.165) is 24.3 Å². The maximum Gasteiger partial charge on any atom is 0.226 e. The van der Waals surface area contributed by atoms with Crippen LogP contribution in [0.5, 0.6) is 0 Å². The predicted octanol–water partition coefficient (Wildman–Crippen LogP) is 1.71. The quantitative estimate of drug-likeness (QED) is 0.794. The Labute approximate surface area is 113 Å². The molecule has 2 rings (SSSR count). The first-order valence-electron chi connectivity index (χ1n) is 6.51. The molecule has 5 heteroatoms. The second kappa shape index (κ2) is 6.54. The summed E-state index contributed by atoms with van der Waals surface area (Å²) in [6.07, 6.45) is 1.39. The van der Waals surface area contributed by atoms with Crippen molar-refractivity contribution >= 4 is 17.3 Å². The summed E-state index contributed by atoms with van der Waals surface area (Å²) in [5.41, 5.74) is 8.12. The Hall–Kier alpha value is -1.59. The summed E-state index contributed by atoms with van der Waals surface area (Å²) in [6.45, 7) is 3.69. The van der Waals surface area contributed by atoms with E-state index in [0.29, 0.717) is 25.3 Å². The molecule has 0 spiro atoms. The molecule has 0 aromatic heterocycles. The van der Waals surface area contributed by atoms with Crippen molar-refractivity contribution in [2.75, 3.05) is 30.9 Å². The van der Waals surface area contributed by atoms with Gasteiger partial charge in [-0.2, -0.15) is 0 Å². The number of carbonyl (C=O) groups is 1.